The van der Waals surface area contributed by atoms with E-state index in [2.05, 4.69) is 5.32 Å². The van der Waals surface area contributed by atoms with Gasteiger partial charge in [0.1, 0.15) is 5.69 Å². The summed E-state index contributed by atoms with van der Waals surface area (Å²) in [7, 11) is 1.76. The predicted octanol–water partition coefficient (Wildman–Crippen LogP) is 5.51. The lowest BCUT2D eigenvalue weighted by Gasteiger charge is -2.30. The molecule has 7 nitrogen and oxygen atoms in total. The summed E-state index contributed by atoms with van der Waals surface area (Å²) in [4.78, 5) is 15.1. The highest BCUT2D eigenvalue weighted by molar-refractivity contribution is 5.76. The summed E-state index contributed by atoms with van der Waals surface area (Å²) < 4.78 is 28.0. The molecule has 2 aromatic carbocycles. The van der Waals surface area contributed by atoms with Crippen LogP contribution in [0.1, 0.15) is 39.2 Å². The van der Waals surface area contributed by atoms with Gasteiger partial charge in [0.25, 0.3) is 0 Å². The van der Waals surface area contributed by atoms with E-state index in [-0.39, 0.29) is 24.4 Å². The second-order valence-corrected chi connectivity index (χ2v) is 9.85. The maximum atomic E-state index is 14.5. The van der Waals surface area contributed by atoms with E-state index in [0.29, 0.717) is 30.3 Å². The molecule has 0 unspecified atom stereocenters. The Morgan fingerprint density at radius 3 is 2.57 bits per heavy atom. The Hall–Kier alpha value is -3.39. The van der Waals surface area contributed by atoms with E-state index < -0.39 is 11.4 Å². The first kappa shape index (κ1) is 24.7. The number of rotatable bonds is 7. The third-order valence-corrected chi connectivity index (χ3v) is 5.74. The van der Waals surface area contributed by atoms with E-state index in [1.165, 1.54) is 6.07 Å². The molecule has 3 aromatic rings. The number of hydrogen-bond donors (Lipinski definition) is 1. The summed E-state index contributed by atoms with van der Waals surface area (Å²) in [6, 6.07) is 15.8. The zero-order valence-electron chi connectivity index (χ0n) is 20.8. The lowest BCUT2D eigenvalue weighted by molar-refractivity contribution is 0.0780. The molecule has 2 amide bonds. The van der Waals surface area contributed by atoms with Crippen molar-refractivity contribution in [2.45, 2.75) is 51.8 Å². The van der Waals surface area contributed by atoms with Crippen LogP contribution in [0.5, 0.6) is 11.6 Å². The number of carbonyl (C=O) groups is 1. The first-order chi connectivity index (χ1) is 16.7. The van der Waals surface area contributed by atoms with Crippen LogP contribution >= 0.6 is 0 Å². The van der Waals surface area contributed by atoms with Gasteiger partial charge < -0.3 is 19.7 Å². The molecular weight excluding hydrogens is 447 g/mol. The van der Waals surface area contributed by atoms with Gasteiger partial charge in [-0.2, -0.15) is 5.10 Å². The van der Waals surface area contributed by atoms with Crippen LogP contribution in [0.15, 0.2) is 54.6 Å². The first-order valence-corrected chi connectivity index (χ1v) is 11.9. The van der Waals surface area contributed by atoms with Crippen molar-refractivity contribution in [1.82, 2.24) is 20.0 Å². The number of halogens is 1. The van der Waals surface area contributed by atoms with Gasteiger partial charge in [0.05, 0.1) is 18.2 Å². The van der Waals surface area contributed by atoms with Crippen LogP contribution in [0.4, 0.5) is 9.18 Å². The van der Waals surface area contributed by atoms with Gasteiger partial charge in [0, 0.05) is 31.3 Å². The minimum absolute atomic E-state index is 0.0338. The van der Waals surface area contributed by atoms with Gasteiger partial charge in [-0.25, -0.2) is 13.9 Å². The maximum Gasteiger partial charge on any atom is 0.318 e. The van der Waals surface area contributed by atoms with Gasteiger partial charge in [0.2, 0.25) is 5.88 Å². The third-order valence-electron chi connectivity index (χ3n) is 5.74. The number of ether oxygens (including phenoxy) is 2. The molecule has 0 saturated carbocycles. The Bertz CT molecular complexity index is 1150. The summed E-state index contributed by atoms with van der Waals surface area (Å²) in [6.07, 6.45) is 1.84. The van der Waals surface area contributed by atoms with Crippen molar-refractivity contribution in [3.05, 3.63) is 66.0 Å². The topological polar surface area (TPSA) is 68.6 Å². The molecule has 1 aromatic heterocycles. The normalized spacial score (nSPS) is 15.7. The van der Waals surface area contributed by atoms with Crippen LogP contribution in [0.2, 0.25) is 0 Å². The Morgan fingerprint density at radius 2 is 1.91 bits per heavy atom. The molecular formula is C27H33FN4O3. The Kier molecular flexibility index (Phi) is 7.40. The van der Waals surface area contributed by atoms with Crippen molar-refractivity contribution in [1.29, 1.82) is 0 Å². The second-order valence-electron chi connectivity index (χ2n) is 9.85. The van der Waals surface area contributed by atoms with Gasteiger partial charge in [0.15, 0.2) is 11.6 Å². The maximum absolute atomic E-state index is 14.5. The highest BCUT2D eigenvalue weighted by atomic mass is 19.1. The fourth-order valence-electron chi connectivity index (χ4n) is 4.13. The lowest BCUT2D eigenvalue weighted by atomic mass is 10.1. The molecule has 1 saturated heterocycles. The highest BCUT2D eigenvalue weighted by Gasteiger charge is 2.29. The number of nitrogens with one attached hydrogen (secondary N) is 1. The number of nitrogens with zero attached hydrogens (tertiary/aromatic N) is 3. The van der Waals surface area contributed by atoms with E-state index in [0.717, 1.165) is 18.4 Å². The quantitative estimate of drug-likeness (QED) is 0.484. The number of aromatic nitrogens is 2. The highest BCUT2D eigenvalue weighted by Crippen LogP contribution is 2.35. The van der Waals surface area contributed by atoms with E-state index in [1.54, 1.807) is 34.8 Å². The van der Waals surface area contributed by atoms with E-state index in [4.69, 9.17) is 14.6 Å². The molecule has 1 N–H and O–H groups in total. The van der Waals surface area contributed by atoms with E-state index >= 15 is 0 Å². The molecule has 0 bridgehead atoms. The van der Waals surface area contributed by atoms with Gasteiger partial charge >= 0.3 is 6.03 Å². The standard InChI is InChI=1S/C27H33FN4O3/c1-27(2,3)29-26(33)32(17-20-13-10-16-34-20)18-21-24(19-11-6-5-7-12-19)30-31(4)25(21)35-23-15-9-8-14-22(23)28/h5-9,11-12,14-15,20H,10,13,16-18H2,1-4H3,(H,29,33)/t20-/m1/s1. The molecule has 0 radical (unpaired) electrons. The summed E-state index contributed by atoms with van der Waals surface area (Å²) in [5.41, 5.74) is 1.86. The average molecular weight is 481 g/mol. The van der Waals surface area contributed by atoms with Crippen molar-refractivity contribution >= 4 is 6.03 Å². The third kappa shape index (κ3) is 6.19. The number of aryl methyl sites for hydroxylation is 1. The Balaban J connectivity index is 1.75. The monoisotopic (exact) mass is 480 g/mol. The number of para-hydroxylation sites is 1. The zero-order valence-corrected chi connectivity index (χ0v) is 20.8. The molecule has 0 aliphatic carbocycles. The number of benzene rings is 2. The molecule has 1 fully saturated rings. The van der Waals surface area contributed by atoms with Crippen molar-refractivity contribution in [2.75, 3.05) is 13.2 Å². The first-order valence-electron chi connectivity index (χ1n) is 11.9. The summed E-state index contributed by atoms with van der Waals surface area (Å²) in [6.45, 7) is 7.20. The zero-order chi connectivity index (χ0) is 25.0. The largest absolute Gasteiger partial charge is 0.436 e. The minimum Gasteiger partial charge on any atom is -0.436 e. The van der Waals surface area contributed by atoms with E-state index in [9.17, 15) is 9.18 Å². The van der Waals surface area contributed by atoms with Crippen molar-refractivity contribution in [3.8, 4) is 22.9 Å². The molecule has 1 aliphatic rings. The summed E-state index contributed by atoms with van der Waals surface area (Å²) in [5.74, 6) is 0.0126. The van der Waals surface area contributed by atoms with Crippen LogP contribution in [0.3, 0.4) is 0 Å². The number of hydrogen-bond acceptors (Lipinski definition) is 4. The van der Waals surface area contributed by atoms with Crippen molar-refractivity contribution in [2.24, 2.45) is 7.05 Å². The Morgan fingerprint density at radius 1 is 1.20 bits per heavy atom. The summed E-state index contributed by atoms with van der Waals surface area (Å²) in [5, 5.41) is 7.77. The lowest BCUT2D eigenvalue weighted by Crippen LogP contribution is -2.50. The average Bonchev–Trinajstić information content (AvgIpc) is 3.43. The fourth-order valence-corrected chi connectivity index (χ4v) is 4.13. The van der Waals surface area contributed by atoms with Gasteiger partial charge in [-0.05, 0) is 45.7 Å². The molecule has 0 spiro atoms. The van der Waals surface area contributed by atoms with Crippen LogP contribution in [0.25, 0.3) is 11.3 Å². The van der Waals surface area contributed by atoms with Crippen molar-refractivity contribution < 1.29 is 18.7 Å². The van der Waals surface area contributed by atoms with Gasteiger partial charge in [-0.1, -0.05) is 42.5 Å². The van der Waals surface area contributed by atoms with Gasteiger partial charge in [-0.15, -0.1) is 0 Å². The predicted molar refractivity (Wildman–Crippen MR) is 133 cm³/mol. The second kappa shape index (κ2) is 10.5. The van der Waals surface area contributed by atoms with Crippen LogP contribution in [0, 0.1) is 5.82 Å². The summed E-state index contributed by atoms with van der Waals surface area (Å²) >= 11 is 0. The molecule has 2 heterocycles. The number of carbonyl (C=O) groups excluding carboxylic acids is 1. The molecule has 4 rings (SSSR count). The van der Waals surface area contributed by atoms with Crippen LogP contribution < -0.4 is 10.1 Å². The minimum atomic E-state index is -0.470. The van der Waals surface area contributed by atoms with Crippen molar-refractivity contribution in [3.63, 3.8) is 0 Å². The molecule has 186 valence electrons. The number of urea groups is 1. The molecule has 35 heavy (non-hydrogen) atoms. The SMILES string of the molecule is Cn1nc(-c2ccccc2)c(CN(C[C@H]2CCCO2)C(=O)NC(C)(C)C)c1Oc1ccccc1F. The number of amides is 2. The fraction of sp³-hybridized carbons (Fsp3) is 0.407. The Labute approximate surface area is 205 Å². The van der Waals surface area contributed by atoms with Crippen LogP contribution in [-0.4, -0.2) is 45.5 Å². The van der Waals surface area contributed by atoms with Crippen LogP contribution in [-0.2, 0) is 18.3 Å². The van der Waals surface area contributed by atoms with Gasteiger partial charge in [-0.3, -0.25) is 0 Å². The smallest absolute Gasteiger partial charge is 0.318 e. The molecule has 1 aliphatic heterocycles. The molecule has 1 atom stereocenters. The molecule has 8 heteroatoms. The van der Waals surface area contributed by atoms with E-state index in [1.807, 2.05) is 51.1 Å².